The first-order valence-corrected chi connectivity index (χ1v) is 6.50. The number of hydrogen-bond donors (Lipinski definition) is 1. The van der Waals surface area contributed by atoms with Crippen molar-refractivity contribution in [1.29, 1.82) is 0 Å². The molecule has 0 aliphatic carbocycles. The summed E-state index contributed by atoms with van der Waals surface area (Å²) in [7, 11) is 5.27. The van der Waals surface area contributed by atoms with Gasteiger partial charge in [-0.25, -0.2) is 4.98 Å². The summed E-state index contributed by atoms with van der Waals surface area (Å²) in [6.45, 7) is 1.41. The summed E-state index contributed by atoms with van der Waals surface area (Å²) in [5.41, 5.74) is 1.25. The van der Waals surface area contributed by atoms with Crippen molar-refractivity contribution in [1.82, 2.24) is 15.2 Å². The van der Waals surface area contributed by atoms with Crippen molar-refractivity contribution in [3.8, 4) is 5.75 Å². The molecule has 1 amide bonds. The van der Waals surface area contributed by atoms with Gasteiger partial charge in [-0.1, -0.05) is 6.07 Å². The Kier molecular flexibility index (Phi) is 4.53. The molecule has 5 heteroatoms. The van der Waals surface area contributed by atoms with E-state index in [-0.39, 0.29) is 5.91 Å². The number of nitrogens with one attached hydrogen (secondary N) is 1. The van der Waals surface area contributed by atoms with Gasteiger partial charge in [0.15, 0.2) is 0 Å². The molecule has 1 aromatic heterocycles. The Hall–Kier alpha value is -2.14. The predicted molar refractivity (Wildman–Crippen MR) is 79.2 cm³/mol. The van der Waals surface area contributed by atoms with Crippen LogP contribution < -0.4 is 10.1 Å². The molecule has 1 heterocycles. The van der Waals surface area contributed by atoms with Crippen molar-refractivity contribution >= 4 is 16.8 Å². The number of rotatable bonds is 5. The van der Waals surface area contributed by atoms with Gasteiger partial charge in [-0.15, -0.1) is 0 Å². The maximum atomic E-state index is 12.2. The number of pyridine rings is 1. The van der Waals surface area contributed by atoms with Crippen LogP contribution in [0.4, 0.5) is 0 Å². The number of nitrogens with zero attached hydrogens (tertiary/aromatic N) is 2. The van der Waals surface area contributed by atoms with Gasteiger partial charge in [0, 0.05) is 25.5 Å². The van der Waals surface area contributed by atoms with Crippen molar-refractivity contribution in [2.75, 3.05) is 34.3 Å². The number of carbonyl (C=O) groups excluding carboxylic acids is 1. The summed E-state index contributed by atoms with van der Waals surface area (Å²) in [4.78, 5) is 18.3. The van der Waals surface area contributed by atoms with Gasteiger partial charge in [0.25, 0.3) is 5.91 Å². The van der Waals surface area contributed by atoms with Gasteiger partial charge in [0.2, 0.25) is 0 Å². The number of ether oxygens (including phenoxy) is 1. The molecule has 0 aliphatic rings. The molecule has 0 radical (unpaired) electrons. The van der Waals surface area contributed by atoms with Crippen LogP contribution in [0.15, 0.2) is 30.3 Å². The van der Waals surface area contributed by atoms with Crippen molar-refractivity contribution in [3.63, 3.8) is 0 Å². The van der Waals surface area contributed by atoms with E-state index < -0.39 is 0 Å². The smallest absolute Gasteiger partial charge is 0.272 e. The molecule has 5 nitrogen and oxygen atoms in total. The summed E-state index contributed by atoms with van der Waals surface area (Å²) in [5.74, 6) is 0.711. The Balaban J connectivity index is 2.25. The summed E-state index contributed by atoms with van der Waals surface area (Å²) in [5, 5.41) is 3.98. The Morgan fingerprint density at radius 3 is 2.85 bits per heavy atom. The van der Waals surface area contributed by atoms with E-state index in [0.717, 1.165) is 23.2 Å². The fourth-order valence-electron chi connectivity index (χ4n) is 1.93. The summed E-state index contributed by atoms with van der Waals surface area (Å²) in [6, 6.07) is 9.25. The highest BCUT2D eigenvalue weighted by Gasteiger charge is 2.13. The Morgan fingerprint density at radius 1 is 1.35 bits per heavy atom. The van der Waals surface area contributed by atoms with E-state index in [2.05, 4.69) is 10.3 Å². The summed E-state index contributed by atoms with van der Waals surface area (Å²) >= 11 is 0. The predicted octanol–water partition coefficient (Wildman–Crippen LogP) is 1.53. The maximum Gasteiger partial charge on any atom is 0.272 e. The van der Waals surface area contributed by atoms with E-state index in [1.807, 2.05) is 31.3 Å². The van der Waals surface area contributed by atoms with Crippen molar-refractivity contribution < 1.29 is 9.53 Å². The minimum Gasteiger partial charge on any atom is -0.497 e. The normalized spacial score (nSPS) is 10.6. The molecule has 20 heavy (non-hydrogen) atoms. The highest BCUT2D eigenvalue weighted by atomic mass is 16.5. The second-order valence-electron chi connectivity index (χ2n) is 4.59. The molecule has 0 bridgehead atoms. The lowest BCUT2D eigenvalue weighted by Crippen LogP contribution is -2.33. The van der Waals surface area contributed by atoms with E-state index in [0.29, 0.717) is 12.2 Å². The van der Waals surface area contributed by atoms with Crippen LogP contribution in [0.5, 0.6) is 5.75 Å². The summed E-state index contributed by atoms with van der Waals surface area (Å²) in [6.07, 6.45) is 0. The van der Waals surface area contributed by atoms with Gasteiger partial charge in [0.1, 0.15) is 11.4 Å². The number of hydrogen-bond acceptors (Lipinski definition) is 4. The van der Waals surface area contributed by atoms with E-state index >= 15 is 0 Å². The molecule has 1 N–H and O–H groups in total. The average Bonchev–Trinajstić information content (AvgIpc) is 2.50. The lowest BCUT2D eigenvalue weighted by atomic mass is 10.2. The van der Waals surface area contributed by atoms with Crippen LogP contribution in [0.1, 0.15) is 10.5 Å². The monoisotopic (exact) mass is 273 g/mol. The second-order valence-corrected chi connectivity index (χ2v) is 4.59. The first-order valence-electron chi connectivity index (χ1n) is 6.50. The van der Waals surface area contributed by atoms with E-state index in [9.17, 15) is 4.79 Å². The number of aromatic nitrogens is 1. The highest BCUT2D eigenvalue weighted by molar-refractivity contribution is 5.94. The van der Waals surface area contributed by atoms with Gasteiger partial charge in [0.05, 0.1) is 12.6 Å². The maximum absolute atomic E-state index is 12.2. The van der Waals surface area contributed by atoms with Gasteiger partial charge in [-0.05, 0) is 31.3 Å². The Labute approximate surface area is 118 Å². The Morgan fingerprint density at radius 2 is 2.15 bits per heavy atom. The molecule has 0 saturated heterocycles. The van der Waals surface area contributed by atoms with Crippen LogP contribution in [0.3, 0.4) is 0 Å². The van der Waals surface area contributed by atoms with Gasteiger partial charge < -0.3 is 15.0 Å². The third kappa shape index (κ3) is 3.05. The van der Waals surface area contributed by atoms with Crippen LogP contribution >= 0.6 is 0 Å². The number of likely N-dealkylation sites (N-methyl/N-ethyl adjacent to an activating group) is 2. The molecule has 0 atom stereocenters. The number of benzene rings is 1. The first-order chi connectivity index (χ1) is 9.65. The van der Waals surface area contributed by atoms with Gasteiger partial charge in [-0.2, -0.15) is 0 Å². The third-order valence-electron chi connectivity index (χ3n) is 3.16. The molecule has 1 aromatic carbocycles. The SMILES string of the molecule is CNCCN(C)C(=O)c1ccc2cc(OC)ccc2n1. The highest BCUT2D eigenvalue weighted by Crippen LogP contribution is 2.19. The van der Waals surface area contributed by atoms with Crippen molar-refractivity contribution in [2.45, 2.75) is 0 Å². The molecule has 0 spiro atoms. The van der Waals surface area contributed by atoms with Gasteiger partial charge in [-0.3, -0.25) is 4.79 Å². The van der Waals surface area contributed by atoms with Crippen LogP contribution in [0.2, 0.25) is 0 Å². The van der Waals surface area contributed by atoms with Crippen LogP contribution in [0.25, 0.3) is 10.9 Å². The van der Waals surface area contributed by atoms with E-state index in [1.54, 1.807) is 25.1 Å². The van der Waals surface area contributed by atoms with Crippen LogP contribution in [-0.2, 0) is 0 Å². The molecule has 106 valence electrons. The fourth-order valence-corrected chi connectivity index (χ4v) is 1.93. The molecular weight excluding hydrogens is 254 g/mol. The van der Waals surface area contributed by atoms with E-state index in [1.165, 1.54) is 0 Å². The molecule has 2 rings (SSSR count). The lowest BCUT2D eigenvalue weighted by Gasteiger charge is -2.16. The number of carbonyl (C=O) groups is 1. The zero-order valence-corrected chi connectivity index (χ0v) is 12.0. The average molecular weight is 273 g/mol. The number of fused-ring (bicyclic) bond motifs is 1. The molecular formula is C15H19N3O2. The van der Waals surface area contributed by atoms with Crippen LogP contribution in [0, 0.1) is 0 Å². The minimum absolute atomic E-state index is 0.0713. The second kappa shape index (κ2) is 6.34. The third-order valence-corrected chi connectivity index (χ3v) is 3.16. The standard InChI is InChI=1S/C15H19N3O2/c1-16-8-9-18(2)15(19)14-6-4-11-10-12(20-3)5-7-13(11)17-14/h4-7,10,16H,8-9H2,1-3H3. The summed E-state index contributed by atoms with van der Waals surface area (Å²) < 4.78 is 5.17. The number of amides is 1. The number of methoxy groups -OCH3 is 1. The zero-order chi connectivity index (χ0) is 14.5. The van der Waals surface area contributed by atoms with E-state index in [4.69, 9.17) is 4.74 Å². The minimum atomic E-state index is -0.0713. The topological polar surface area (TPSA) is 54.5 Å². The molecule has 0 saturated carbocycles. The lowest BCUT2D eigenvalue weighted by molar-refractivity contribution is 0.0791. The molecule has 0 aliphatic heterocycles. The first kappa shape index (κ1) is 14.3. The van der Waals surface area contributed by atoms with Crippen molar-refractivity contribution in [2.24, 2.45) is 0 Å². The molecule has 0 unspecified atom stereocenters. The molecule has 0 fully saturated rings. The Bertz CT molecular complexity index is 613. The van der Waals surface area contributed by atoms with Crippen LogP contribution in [-0.4, -0.2) is 50.1 Å². The molecule has 2 aromatic rings. The fraction of sp³-hybridized carbons (Fsp3) is 0.333. The van der Waals surface area contributed by atoms with Crippen molar-refractivity contribution in [3.05, 3.63) is 36.0 Å². The zero-order valence-electron chi connectivity index (χ0n) is 12.0. The van der Waals surface area contributed by atoms with Gasteiger partial charge >= 0.3 is 0 Å². The quantitative estimate of drug-likeness (QED) is 0.897. The largest absolute Gasteiger partial charge is 0.497 e.